The number of nitrogens with one attached hydrogen (secondary N) is 1. The second-order valence-electron chi connectivity index (χ2n) is 4.62. The first-order chi connectivity index (χ1) is 10.9. The number of nitrogens with zero attached hydrogens (tertiary/aromatic N) is 3. The molecule has 0 saturated heterocycles. The molecule has 0 aliphatic rings. The number of nitro benzene ring substituents is 2. The maximum Gasteiger partial charge on any atom is 0.301 e. The van der Waals surface area contributed by atoms with Crippen molar-refractivity contribution in [1.82, 2.24) is 0 Å². The van der Waals surface area contributed by atoms with Crippen molar-refractivity contribution in [3.05, 3.63) is 67.8 Å². The minimum absolute atomic E-state index is 0.0362. The highest BCUT2D eigenvalue weighted by Gasteiger charge is 2.25. The third-order valence-electron chi connectivity index (χ3n) is 2.95. The van der Waals surface area contributed by atoms with E-state index in [9.17, 15) is 25.3 Å². The number of benzene rings is 2. The Morgan fingerprint density at radius 1 is 1.13 bits per heavy atom. The zero-order valence-electron chi connectivity index (χ0n) is 12.0. The Hall–Kier alpha value is -3.49. The quantitative estimate of drug-likeness (QED) is 0.495. The molecule has 2 N–H and O–H groups in total. The highest BCUT2D eigenvalue weighted by molar-refractivity contribution is 5.84. The fourth-order valence-electron chi connectivity index (χ4n) is 1.91. The number of anilines is 1. The minimum atomic E-state index is -0.724. The standard InChI is InChI=1S/C14H12N4O5/c1-9-6-11(17(20)21)14(12(7-9)18(22)23)16-15-8-10-4-2-3-5-13(10)19/h2-8,16,19H,1H3. The number of nitro groups is 2. The minimum Gasteiger partial charge on any atom is -0.507 e. The molecular formula is C14H12N4O5. The van der Waals surface area contributed by atoms with Crippen LogP contribution in [0, 0.1) is 27.2 Å². The summed E-state index contributed by atoms with van der Waals surface area (Å²) in [5.74, 6) is -0.0362. The molecule has 0 saturated carbocycles. The Morgan fingerprint density at radius 3 is 2.22 bits per heavy atom. The lowest BCUT2D eigenvalue weighted by Gasteiger charge is -2.05. The van der Waals surface area contributed by atoms with Gasteiger partial charge >= 0.3 is 11.4 Å². The van der Waals surface area contributed by atoms with Crippen LogP contribution in [0.1, 0.15) is 11.1 Å². The summed E-state index contributed by atoms with van der Waals surface area (Å²) in [7, 11) is 0. The van der Waals surface area contributed by atoms with Crippen LogP contribution in [-0.2, 0) is 0 Å². The molecule has 0 aromatic heterocycles. The summed E-state index contributed by atoms with van der Waals surface area (Å²) in [6.07, 6.45) is 1.21. The Balaban J connectivity index is 2.40. The van der Waals surface area contributed by atoms with Gasteiger partial charge in [0.15, 0.2) is 0 Å². The Bertz CT molecular complexity index is 768. The van der Waals surface area contributed by atoms with Crippen molar-refractivity contribution in [2.75, 3.05) is 5.43 Å². The van der Waals surface area contributed by atoms with E-state index >= 15 is 0 Å². The topological polar surface area (TPSA) is 131 Å². The summed E-state index contributed by atoms with van der Waals surface area (Å²) in [6, 6.07) is 8.72. The summed E-state index contributed by atoms with van der Waals surface area (Å²) in [5, 5.41) is 35.5. The van der Waals surface area contributed by atoms with E-state index < -0.39 is 21.2 Å². The van der Waals surface area contributed by atoms with Crippen LogP contribution in [0.2, 0.25) is 0 Å². The maximum absolute atomic E-state index is 11.1. The number of rotatable bonds is 5. The summed E-state index contributed by atoms with van der Waals surface area (Å²) >= 11 is 0. The smallest absolute Gasteiger partial charge is 0.301 e. The van der Waals surface area contributed by atoms with E-state index in [0.29, 0.717) is 11.1 Å². The van der Waals surface area contributed by atoms with Crippen molar-refractivity contribution in [1.29, 1.82) is 0 Å². The van der Waals surface area contributed by atoms with E-state index in [-0.39, 0.29) is 11.4 Å². The van der Waals surface area contributed by atoms with Gasteiger partial charge in [-0.3, -0.25) is 25.7 Å². The zero-order valence-corrected chi connectivity index (χ0v) is 12.0. The molecule has 0 aliphatic carbocycles. The molecule has 0 heterocycles. The lowest BCUT2D eigenvalue weighted by molar-refractivity contribution is -0.392. The summed E-state index contributed by atoms with van der Waals surface area (Å²) in [5.41, 5.74) is 1.84. The molecule has 0 bridgehead atoms. The van der Waals surface area contributed by atoms with Gasteiger partial charge in [0, 0.05) is 17.7 Å². The van der Waals surface area contributed by atoms with Crippen molar-refractivity contribution in [2.24, 2.45) is 5.10 Å². The largest absolute Gasteiger partial charge is 0.507 e. The predicted molar refractivity (Wildman–Crippen MR) is 83.8 cm³/mol. The van der Waals surface area contributed by atoms with Crippen LogP contribution in [0.5, 0.6) is 5.75 Å². The molecule has 2 aromatic rings. The maximum atomic E-state index is 11.1. The SMILES string of the molecule is Cc1cc([N+](=O)[O-])c(NN=Cc2ccccc2O)c([N+](=O)[O-])c1. The number of hydrogen-bond donors (Lipinski definition) is 2. The van der Waals surface area contributed by atoms with Crippen LogP contribution >= 0.6 is 0 Å². The molecule has 23 heavy (non-hydrogen) atoms. The van der Waals surface area contributed by atoms with E-state index in [1.54, 1.807) is 18.2 Å². The van der Waals surface area contributed by atoms with Gasteiger partial charge in [-0.05, 0) is 24.6 Å². The number of para-hydroxylation sites is 1. The molecule has 9 heteroatoms. The number of hydrazone groups is 1. The first kappa shape index (κ1) is 15.9. The first-order valence-corrected chi connectivity index (χ1v) is 6.40. The van der Waals surface area contributed by atoms with Gasteiger partial charge in [-0.1, -0.05) is 12.1 Å². The van der Waals surface area contributed by atoms with Crippen LogP contribution in [0.15, 0.2) is 41.5 Å². The monoisotopic (exact) mass is 316 g/mol. The van der Waals surface area contributed by atoms with Crippen LogP contribution in [-0.4, -0.2) is 21.2 Å². The molecular weight excluding hydrogens is 304 g/mol. The van der Waals surface area contributed by atoms with Crippen LogP contribution in [0.4, 0.5) is 17.1 Å². The van der Waals surface area contributed by atoms with Gasteiger partial charge in [0.2, 0.25) is 5.69 Å². The van der Waals surface area contributed by atoms with Gasteiger partial charge in [0.25, 0.3) is 0 Å². The van der Waals surface area contributed by atoms with Crippen molar-refractivity contribution in [3.8, 4) is 5.75 Å². The molecule has 118 valence electrons. The summed E-state index contributed by atoms with van der Waals surface area (Å²) in [4.78, 5) is 20.7. The second kappa shape index (κ2) is 6.52. The zero-order chi connectivity index (χ0) is 17.0. The highest BCUT2D eigenvalue weighted by Crippen LogP contribution is 2.35. The number of phenols is 1. The van der Waals surface area contributed by atoms with E-state index in [1.807, 2.05) is 0 Å². The number of aryl methyl sites for hydroxylation is 1. The van der Waals surface area contributed by atoms with Crippen LogP contribution < -0.4 is 5.43 Å². The van der Waals surface area contributed by atoms with Gasteiger partial charge < -0.3 is 5.11 Å². The lowest BCUT2D eigenvalue weighted by atomic mass is 10.1. The van der Waals surface area contributed by atoms with Crippen molar-refractivity contribution in [2.45, 2.75) is 6.92 Å². The van der Waals surface area contributed by atoms with Gasteiger partial charge in [-0.25, -0.2) is 0 Å². The van der Waals surface area contributed by atoms with Gasteiger partial charge in [-0.15, -0.1) is 0 Å². The molecule has 2 rings (SSSR count). The highest BCUT2D eigenvalue weighted by atomic mass is 16.6. The average Bonchev–Trinajstić information content (AvgIpc) is 2.49. The second-order valence-corrected chi connectivity index (χ2v) is 4.62. The number of hydrogen-bond acceptors (Lipinski definition) is 7. The normalized spacial score (nSPS) is 10.7. The molecule has 2 aromatic carbocycles. The molecule has 9 nitrogen and oxygen atoms in total. The van der Waals surface area contributed by atoms with Crippen molar-refractivity contribution in [3.63, 3.8) is 0 Å². The Morgan fingerprint density at radius 2 is 1.70 bits per heavy atom. The van der Waals surface area contributed by atoms with E-state index in [0.717, 1.165) is 0 Å². The van der Waals surface area contributed by atoms with Crippen molar-refractivity contribution >= 4 is 23.3 Å². The summed E-state index contributed by atoms with van der Waals surface area (Å²) < 4.78 is 0. The van der Waals surface area contributed by atoms with E-state index in [1.165, 1.54) is 31.3 Å². The van der Waals surface area contributed by atoms with E-state index in [2.05, 4.69) is 10.5 Å². The van der Waals surface area contributed by atoms with Crippen LogP contribution in [0.3, 0.4) is 0 Å². The molecule has 0 fully saturated rings. The van der Waals surface area contributed by atoms with Crippen molar-refractivity contribution < 1.29 is 15.0 Å². The molecule has 0 unspecified atom stereocenters. The predicted octanol–water partition coefficient (Wildman–Crippen LogP) is 2.96. The van der Waals surface area contributed by atoms with Gasteiger partial charge in [-0.2, -0.15) is 5.10 Å². The molecule has 0 atom stereocenters. The fraction of sp³-hybridized carbons (Fsp3) is 0.0714. The van der Waals surface area contributed by atoms with Gasteiger partial charge in [0.05, 0.1) is 16.1 Å². The lowest BCUT2D eigenvalue weighted by Crippen LogP contribution is -2.02. The molecule has 0 radical (unpaired) electrons. The summed E-state index contributed by atoms with van der Waals surface area (Å²) in [6.45, 7) is 1.52. The molecule has 0 aliphatic heterocycles. The number of aromatic hydroxyl groups is 1. The first-order valence-electron chi connectivity index (χ1n) is 6.40. The van der Waals surface area contributed by atoms with Crippen LogP contribution in [0.25, 0.3) is 0 Å². The third kappa shape index (κ3) is 3.59. The third-order valence-corrected chi connectivity index (χ3v) is 2.95. The Labute approximate surface area is 130 Å². The van der Waals surface area contributed by atoms with Gasteiger partial charge in [0.1, 0.15) is 5.75 Å². The molecule has 0 spiro atoms. The van der Waals surface area contributed by atoms with E-state index in [4.69, 9.17) is 0 Å². The average molecular weight is 316 g/mol. The fourth-order valence-corrected chi connectivity index (χ4v) is 1.91. The Kier molecular flexibility index (Phi) is 4.50. The number of phenolic OH excluding ortho intramolecular Hbond substituents is 1. The molecule has 0 amide bonds.